The Morgan fingerprint density at radius 3 is 2.82 bits per heavy atom. The Morgan fingerprint density at radius 2 is 2.09 bits per heavy atom. The lowest BCUT2D eigenvalue weighted by molar-refractivity contribution is 0.0950. The molecule has 3 rings (SSSR count). The van der Waals surface area contributed by atoms with Crippen LogP contribution in [0.4, 0.5) is 0 Å². The maximum atomic E-state index is 12.0. The molecule has 0 bridgehead atoms. The van der Waals surface area contributed by atoms with Crippen molar-refractivity contribution in [2.45, 2.75) is 6.92 Å². The molecule has 0 spiro atoms. The number of aromatic amines is 1. The minimum atomic E-state index is -0.344. The minimum absolute atomic E-state index is 0.311. The van der Waals surface area contributed by atoms with Crippen molar-refractivity contribution in [2.75, 3.05) is 0 Å². The predicted molar refractivity (Wildman–Crippen MR) is 88.1 cm³/mol. The van der Waals surface area contributed by atoms with Crippen molar-refractivity contribution in [3.63, 3.8) is 0 Å². The molecule has 0 aliphatic heterocycles. The highest BCUT2D eigenvalue weighted by Crippen LogP contribution is 2.26. The van der Waals surface area contributed by atoms with Crippen LogP contribution in [0.2, 0.25) is 0 Å². The number of nitrogens with zero attached hydrogens (tertiary/aromatic N) is 2. The van der Waals surface area contributed by atoms with E-state index < -0.39 is 0 Å². The summed E-state index contributed by atoms with van der Waals surface area (Å²) in [6, 6.07) is 15.3. The monoisotopic (exact) mass is 310 g/mol. The molecular formula is C16H14N4OS. The summed E-state index contributed by atoms with van der Waals surface area (Å²) in [6.45, 7) is 2.04. The van der Waals surface area contributed by atoms with Gasteiger partial charge in [-0.15, -0.1) is 11.3 Å². The molecule has 0 aliphatic rings. The zero-order valence-electron chi connectivity index (χ0n) is 11.9. The highest BCUT2D eigenvalue weighted by atomic mass is 32.1. The fourth-order valence-electron chi connectivity index (χ4n) is 1.91. The summed E-state index contributed by atoms with van der Waals surface area (Å²) in [5.74, 6) is -0.344. The minimum Gasteiger partial charge on any atom is -0.276 e. The van der Waals surface area contributed by atoms with E-state index in [0.717, 1.165) is 16.1 Å². The first-order valence-electron chi connectivity index (χ1n) is 6.73. The molecule has 2 heterocycles. The molecule has 0 atom stereocenters. The highest BCUT2D eigenvalue weighted by molar-refractivity contribution is 7.15. The van der Waals surface area contributed by atoms with Crippen molar-refractivity contribution in [1.82, 2.24) is 15.6 Å². The summed E-state index contributed by atoms with van der Waals surface area (Å²) >= 11 is 1.65. The molecule has 5 nitrogen and oxygen atoms in total. The van der Waals surface area contributed by atoms with Crippen molar-refractivity contribution < 1.29 is 4.79 Å². The summed E-state index contributed by atoms with van der Waals surface area (Å²) in [5.41, 5.74) is 4.53. The van der Waals surface area contributed by atoms with Gasteiger partial charge < -0.3 is 0 Å². The second-order valence-corrected chi connectivity index (χ2v) is 5.97. The van der Waals surface area contributed by atoms with Crippen LogP contribution in [0.3, 0.4) is 0 Å². The molecule has 22 heavy (non-hydrogen) atoms. The van der Waals surface area contributed by atoms with Gasteiger partial charge in [0, 0.05) is 4.88 Å². The largest absolute Gasteiger partial charge is 0.291 e. The maximum Gasteiger partial charge on any atom is 0.291 e. The number of H-pyrrole nitrogens is 1. The molecule has 2 N–H and O–H groups in total. The molecule has 1 aromatic carbocycles. The van der Waals surface area contributed by atoms with Gasteiger partial charge in [0.15, 0.2) is 5.69 Å². The number of benzene rings is 1. The van der Waals surface area contributed by atoms with Gasteiger partial charge in [0.2, 0.25) is 0 Å². The van der Waals surface area contributed by atoms with E-state index in [9.17, 15) is 4.79 Å². The second-order valence-electron chi connectivity index (χ2n) is 4.69. The summed E-state index contributed by atoms with van der Waals surface area (Å²) in [7, 11) is 0. The van der Waals surface area contributed by atoms with E-state index in [2.05, 4.69) is 20.7 Å². The van der Waals surface area contributed by atoms with Crippen molar-refractivity contribution in [1.29, 1.82) is 0 Å². The number of hydrazone groups is 1. The van der Waals surface area contributed by atoms with E-state index in [4.69, 9.17) is 0 Å². The number of carbonyl (C=O) groups is 1. The number of aromatic nitrogens is 2. The third-order valence-corrected chi connectivity index (χ3v) is 4.03. The van der Waals surface area contributed by atoms with E-state index in [-0.39, 0.29) is 5.91 Å². The Labute approximate surface area is 131 Å². The normalized spacial score (nSPS) is 11.0. The Kier molecular flexibility index (Phi) is 4.11. The van der Waals surface area contributed by atoms with Crippen molar-refractivity contribution in [3.05, 3.63) is 64.7 Å². The molecular weight excluding hydrogens is 296 g/mol. The van der Waals surface area contributed by atoms with Gasteiger partial charge >= 0.3 is 0 Å². The zero-order chi connectivity index (χ0) is 15.4. The van der Waals surface area contributed by atoms with Crippen LogP contribution in [0.1, 0.15) is 20.9 Å². The predicted octanol–water partition coefficient (Wildman–Crippen LogP) is 3.21. The lowest BCUT2D eigenvalue weighted by Crippen LogP contribution is -2.17. The smallest absolute Gasteiger partial charge is 0.276 e. The van der Waals surface area contributed by atoms with Gasteiger partial charge in [-0.1, -0.05) is 30.3 Å². The van der Waals surface area contributed by atoms with Crippen molar-refractivity contribution in [2.24, 2.45) is 5.10 Å². The SMILES string of the molecule is Cc1ccc(-c2cc(C(=O)N/N=C/c3ccccc3)n[nH]2)s1. The van der Waals surface area contributed by atoms with Gasteiger partial charge in [-0.3, -0.25) is 9.89 Å². The Bertz CT molecular complexity index is 804. The number of amides is 1. The number of nitrogens with one attached hydrogen (secondary N) is 2. The molecule has 2 aromatic heterocycles. The number of carbonyl (C=O) groups excluding carboxylic acids is 1. The summed E-state index contributed by atoms with van der Waals surface area (Å²) in [6.07, 6.45) is 1.59. The van der Waals surface area contributed by atoms with Crippen LogP contribution in [0.5, 0.6) is 0 Å². The fourth-order valence-corrected chi connectivity index (χ4v) is 2.74. The number of aryl methyl sites for hydroxylation is 1. The van der Waals surface area contributed by atoms with E-state index in [1.807, 2.05) is 49.4 Å². The summed E-state index contributed by atoms with van der Waals surface area (Å²) < 4.78 is 0. The van der Waals surface area contributed by atoms with Crippen LogP contribution in [-0.4, -0.2) is 22.3 Å². The van der Waals surface area contributed by atoms with E-state index in [0.29, 0.717) is 5.69 Å². The summed E-state index contributed by atoms with van der Waals surface area (Å²) in [5, 5.41) is 10.8. The van der Waals surface area contributed by atoms with E-state index in [1.54, 1.807) is 23.6 Å². The first kappa shape index (κ1) is 14.2. The van der Waals surface area contributed by atoms with Gasteiger partial charge in [-0.25, -0.2) is 5.43 Å². The Hall–Kier alpha value is -2.73. The highest BCUT2D eigenvalue weighted by Gasteiger charge is 2.11. The number of hydrogen-bond acceptors (Lipinski definition) is 4. The molecule has 0 fully saturated rings. The van der Waals surface area contributed by atoms with Gasteiger partial charge in [0.1, 0.15) is 0 Å². The molecule has 3 aromatic rings. The molecule has 110 valence electrons. The lowest BCUT2D eigenvalue weighted by atomic mass is 10.2. The van der Waals surface area contributed by atoms with Gasteiger partial charge in [-0.2, -0.15) is 10.2 Å². The molecule has 0 radical (unpaired) electrons. The molecule has 0 unspecified atom stereocenters. The van der Waals surface area contributed by atoms with Crippen LogP contribution in [0.25, 0.3) is 10.6 Å². The topological polar surface area (TPSA) is 70.1 Å². The number of hydrogen-bond donors (Lipinski definition) is 2. The first-order chi connectivity index (χ1) is 10.7. The lowest BCUT2D eigenvalue weighted by Gasteiger charge is -1.94. The fraction of sp³-hybridized carbons (Fsp3) is 0.0625. The average molecular weight is 310 g/mol. The molecule has 0 saturated carbocycles. The van der Waals surface area contributed by atoms with E-state index in [1.165, 1.54) is 4.88 Å². The van der Waals surface area contributed by atoms with Crippen LogP contribution in [0, 0.1) is 6.92 Å². The first-order valence-corrected chi connectivity index (χ1v) is 7.55. The second kappa shape index (κ2) is 6.36. The molecule has 0 saturated heterocycles. The Balaban J connectivity index is 1.66. The van der Waals surface area contributed by atoms with Crippen LogP contribution in [0.15, 0.2) is 53.6 Å². The van der Waals surface area contributed by atoms with Crippen LogP contribution >= 0.6 is 11.3 Å². The zero-order valence-corrected chi connectivity index (χ0v) is 12.7. The molecule has 0 aliphatic carbocycles. The number of rotatable bonds is 4. The van der Waals surface area contributed by atoms with Crippen molar-refractivity contribution >= 4 is 23.5 Å². The molecule has 6 heteroatoms. The quantitative estimate of drug-likeness (QED) is 0.574. The van der Waals surface area contributed by atoms with E-state index >= 15 is 0 Å². The third kappa shape index (κ3) is 3.29. The number of thiophene rings is 1. The average Bonchev–Trinajstić information content (AvgIpc) is 3.17. The maximum absolute atomic E-state index is 12.0. The summed E-state index contributed by atoms with van der Waals surface area (Å²) in [4.78, 5) is 14.2. The van der Waals surface area contributed by atoms with Gasteiger partial charge in [-0.05, 0) is 30.7 Å². The van der Waals surface area contributed by atoms with Gasteiger partial charge in [0.05, 0.1) is 16.8 Å². The Morgan fingerprint density at radius 1 is 1.27 bits per heavy atom. The standard InChI is InChI=1S/C16H14N4OS/c1-11-7-8-15(22-11)13-9-14(19-18-13)16(21)20-17-10-12-5-3-2-4-6-12/h2-10H,1H3,(H,18,19)(H,20,21)/b17-10+. The van der Waals surface area contributed by atoms with Crippen molar-refractivity contribution in [3.8, 4) is 10.6 Å². The molecule has 1 amide bonds. The van der Waals surface area contributed by atoms with Crippen LogP contribution in [-0.2, 0) is 0 Å². The van der Waals surface area contributed by atoms with Gasteiger partial charge in [0.25, 0.3) is 5.91 Å². The van der Waals surface area contributed by atoms with Crippen LogP contribution < -0.4 is 5.43 Å². The third-order valence-electron chi connectivity index (χ3n) is 3.00.